The normalized spacial score (nSPS) is 12.9. The first-order chi connectivity index (χ1) is 9.15. The Labute approximate surface area is 119 Å². The van der Waals surface area contributed by atoms with Gasteiger partial charge in [-0.2, -0.15) is 0 Å². The van der Waals surface area contributed by atoms with Crippen LogP contribution >= 0.6 is 0 Å². The van der Waals surface area contributed by atoms with Crippen LogP contribution in [-0.4, -0.2) is 24.3 Å². The lowest BCUT2D eigenvalue weighted by Gasteiger charge is -2.20. The van der Waals surface area contributed by atoms with Crippen LogP contribution in [0.2, 0.25) is 0 Å². The van der Waals surface area contributed by atoms with E-state index in [-0.39, 0.29) is 18.4 Å². The molecule has 0 aromatic heterocycles. The van der Waals surface area contributed by atoms with Crippen molar-refractivity contribution >= 4 is 6.09 Å². The van der Waals surface area contributed by atoms with Crippen molar-refractivity contribution < 1.29 is 13.9 Å². The van der Waals surface area contributed by atoms with Crippen molar-refractivity contribution in [2.24, 2.45) is 5.73 Å². The van der Waals surface area contributed by atoms with Gasteiger partial charge in [-0.15, -0.1) is 0 Å². The third kappa shape index (κ3) is 6.52. The quantitative estimate of drug-likeness (QED) is 0.892. The van der Waals surface area contributed by atoms with Gasteiger partial charge in [0.25, 0.3) is 0 Å². The van der Waals surface area contributed by atoms with E-state index >= 15 is 0 Å². The summed E-state index contributed by atoms with van der Waals surface area (Å²) < 4.78 is 18.4. The largest absolute Gasteiger partial charge is 0.444 e. The zero-order chi connectivity index (χ0) is 15.3. The second-order valence-electron chi connectivity index (χ2n) is 5.98. The fourth-order valence-corrected chi connectivity index (χ4v) is 1.83. The lowest BCUT2D eigenvalue weighted by Crippen LogP contribution is -2.41. The van der Waals surface area contributed by atoms with E-state index in [1.165, 1.54) is 12.1 Å². The Morgan fingerprint density at radius 1 is 1.40 bits per heavy atom. The molecule has 0 saturated carbocycles. The monoisotopic (exact) mass is 282 g/mol. The van der Waals surface area contributed by atoms with Crippen molar-refractivity contribution in [3.63, 3.8) is 0 Å². The summed E-state index contributed by atoms with van der Waals surface area (Å²) in [5.41, 5.74) is 7.07. The number of benzene rings is 1. The maximum atomic E-state index is 13.2. The number of hydrogen-bond acceptors (Lipinski definition) is 3. The van der Waals surface area contributed by atoms with E-state index in [4.69, 9.17) is 10.5 Å². The highest BCUT2D eigenvalue weighted by atomic mass is 19.1. The molecule has 112 valence electrons. The Morgan fingerprint density at radius 3 is 2.60 bits per heavy atom. The Morgan fingerprint density at radius 2 is 2.05 bits per heavy atom. The molecule has 0 radical (unpaired) electrons. The predicted octanol–water partition coefficient (Wildman–Crippen LogP) is 2.53. The molecule has 1 aromatic rings. The van der Waals surface area contributed by atoms with Crippen molar-refractivity contribution in [1.82, 2.24) is 5.32 Å². The van der Waals surface area contributed by atoms with Crippen LogP contribution in [0.15, 0.2) is 18.2 Å². The van der Waals surface area contributed by atoms with Crippen LogP contribution in [-0.2, 0) is 11.2 Å². The van der Waals surface area contributed by atoms with Gasteiger partial charge in [-0.1, -0.05) is 6.07 Å². The van der Waals surface area contributed by atoms with Crippen LogP contribution < -0.4 is 11.1 Å². The van der Waals surface area contributed by atoms with Crippen molar-refractivity contribution in [2.45, 2.75) is 45.8 Å². The molecule has 1 aromatic carbocycles. The fourth-order valence-electron chi connectivity index (χ4n) is 1.83. The summed E-state index contributed by atoms with van der Waals surface area (Å²) in [6.07, 6.45) is -0.00243. The highest BCUT2D eigenvalue weighted by Gasteiger charge is 2.16. The summed E-state index contributed by atoms with van der Waals surface area (Å²) in [6.45, 7) is 7.49. The van der Waals surface area contributed by atoms with E-state index in [1.807, 2.05) is 13.0 Å². The number of nitrogens with two attached hydrogens (primary N) is 1. The molecule has 0 saturated heterocycles. The number of amides is 1. The smallest absolute Gasteiger partial charge is 0.407 e. The first-order valence-corrected chi connectivity index (χ1v) is 6.64. The summed E-state index contributed by atoms with van der Waals surface area (Å²) in [6, 6.07) is 4.52. The van der Waals surface area contributed by atoms with E-state index in [9.17, 15) is 9.18 Å². The van der Waals surface area contributed by atoms with Crippen LogP contribution in [0.4, 0.5) is 9.18 Å². The molecule has 4 nitrogen and oxygen atoms in total. The topological polar surface area (TPSA) is 64.3 Å². The number of carbonyl (C=O) groups is 1. The average molecular weight is 282 g/mol. The second-order valence-corrected chi connectivity index (χ2v) is 5.98. The molecule has 0 aliphatic heterocycles. The minimum Gasteiger partial charge on any atom is -0.444 e. The predicted molar refractivity (Wildman–Crippen MR) is 77.1 cm³/mol. The highest BCUT2D eigenvalue weighted by molar-refractivity contribution is 5.67. The van der Waals surface area contributed by atoms with Crippen LogP contribution in [0.5, 0.6) is 0 Å². The van der Waals surface area contributed by atoms with E-state index in [2.05, 4.69) is 5.32 Å². The van der Waals surface area contributed by atoms with Gasteiger partial charge in [0, 0.05) is 12.6 Å². The zero-order valence-corrected chi connectivity index (χ0v) is 12.5. The average Bonchev–Trinajstić information content (AvgIpc) is 2.22. The summed E-state index contributed by atoms with van der Waals surface area (Å²) in [5.74, 6) is -0.271. The maximum Gasteiger partial charge on any atom is 0.407 e. The summed E-state index contributed by atoms with van der Waals surface area (Å²) >= 11 is 0. The Balaban J connectivity index is 2.44. The van der Waals surface area contributed by atoms with E-state index < -0.39 is 11.7 Å². The Bertz CT molecular complexity index is 449. The first kappa shape index (κ1) is 16.4. The second kappa shape index (κ2) is 6.70. The van der Waals surface area contributed by atoms with Crippen molar-refractivity contribution in [2.75, 3.05) is 6.54 Å². The van der Waals surface area contributed by atoms with Gasteiger partial charge in [-0.05, 0) is 57.4 Å². The lowest BCUT2D eigenvalue weighted by atomic mass is 10.0. The molecule has 1 atom stereocenters. The van der Waals surface area contributed by atoms with Crippen molar-refractivity contribution in [3.8, 4) is 0 Å². The number of carbonyl (C=O) groups excluding carboxylic acids is 1. The molecule has 20 heavy (non-hydrogen) atoms. The Kier molecular flexibility index (Phi) is 5.51. The molecule has 0 heterocycles. The SMILES string of the molecule is Cc1cc(F)cc(CC(N)CNC(=O)OC(C)(C)C)c1. The van der Waals surface area contributed by atoms with E-state index in [0.717, 1.165) is 11.1 Å². The molecule has 0 aliphatic rings. The number of ether oxygens (including phenoxy) is 1. The minimum atomic E-state index is -0.534. The molecular weight excluding hydrogens is 259 g/mol. The molecule has 1 amide bonds. The molecule has 1 rings (SSSR count). The molecule has 1 unspecified atom stereocenters. The van der Waals surface area contributed by atoms with Crippen LogP contribution in [0.25, 0.3) is 0 Å². The molecule has 0 spiro atoms. The highest BCUT2D eigenvalue weighted by Crippen LogP contribution is 2.10. The molecular formula is C15H23FN2O2. The molecule has 5 heteroatoms. The molecule has 0 bridgehead atoms. The number of nitrogens with one attached hydrogen (secondary N) is 1. The number of rotatable bonds is 4. The summed E-state index contributed by atoms with van der Waals surface area (Å²) in [4.78, 5) is 11.5. The van der Waals surface area contributed by atoms with Crippen LogP contribution in [0, 0.1) is 12.7 Å². The van der Waals surface area contributed by atoms with Gasteiger partial charge in [0.05, 0.1) is 0 Å². The molecule has 3 N–H and O–H groups in total. The summed E-state index contributed by atoms with van der Waals surface area (Å²) in [7, 11) is 0. The zero-order valence-electron chi connectivity index (χ0n) is 12.5. The third-order valence-corrected chi connectivity index (χ3v) is 2.51. The van der Waals surface area contributed by atoms with Gasteiger partial charge in [-0.25, -0.2) is 9.18 Å². The molecule has 0 fully saturated rings. The minimum absolute atomic E-state index is 0.271. The number of hydrogen-bond donors (Lipinski definition) is 2. The van der Waals surface area contributed by atoms with Gasteiger partial charge in [0.15, 0.2) is 0 Å². The number of halogens is 1. The fraction of sp³-hybridized carbons (Fsp3) is 0.533. The van der Waals surface area contributed by atoms with Gasteiger partial charge in [0.1, 0.15) is 11.4 Å². The van der Waals surface area contributed by atoms with E-state index in [1.54, 1.807) is 20.8 Å². The first-order valence-electron chi connectivity index (χ1n) is 6.64. The number of aryl methyl sites for hydroxylation is 1. The lowest BCUT2D eigenvalue weighted by molar-refractivity contribution is 0.0524. The van der Waals surface area contributed by atoms with E-state index in [0.29, 0.717) is 6.42 Å². The third-order valence-electron chi connectivity index (χ3n) is 2.51. The standard InChI is InChI=1S/C15H23FN2O2/c1-10-5-11(7-12(16)6-10)8-13(17)9-18-14(19)20-15(2,3)4/h5-7,13H,8-9,17H2,1-4H3,(H,18,19). The molecule has 0 aliphatic carbocycles. The van der Waals surface area contributed by atoms with Crippen molar-refractivity contribution in [1.29, 1.82) is 0 Å². The maximum absolute atomic E-state index is 13.2. The van der Waals surface area contributed by atoms with Gasteiger partial charge in [0.2, 0.25) is 0 Å². The van der Waals surface area contributed by atoms with Gasteiger partial charge in [-0.3, -0.25) is 0 Å². The van der Waals surface area contributed by atoms with Crippen LogP contribution in [0.1, 0.15) is 31.9 Å². The summed E-state index contributed by atoms with van der Waals surface area (Å²) in [5, 5.41) is 2.61. The van der Waals surface area contributed by atoms with Crippen LogP contribution in [0.3, 0.4) is 0 Å². The van der Waals surface area contributed by atoms with Gasteiger partial charge >= 0.3 is 6.09 Å². The Hall–Kier alpha value is -1.62. The van der Waals surface area contributed by atoms with Crippen molar-refractivity contribution in [3.05, 3.63) is 35.1 Å². The number of alkyl carbamates (subject to hydrolysis) is 1. The van der Waals surface area contributed by atoms with Gasteiger partial charge < -0.3 is 15.8 Å².